The van der Waals surface area contributed by atoms with Gasteiger partial charge in [-0.05, 0) is 32.4 Å². The summed E-state index contributed by atoms with van der Waals surface area (Å²) in [4.78, 5) is 0. The van der Waals surface area contributed by atoms with Crippen molar-refractivity contribution in [3.05, 3.63) is 30.1 Å². The molecule has 1 aliphatic heterocycles. The zero-order valence-corrected chi connectivity index (χ0v) is 12.8. The highest BCUT2D eigenvalue weighted by Gasteiger charge is 2.24. The number of benzene rings is 1. The summed E-state index contributed by atoms with van der Waals surface area (Å²) >= 11 is 0. The van der Waals surface area contributed by atoms with E-state index in [1.165, 1.54) is 0 Å². The monoisotopic (exact) mass is 286 g/mol. The number of nitrogens with one attached hydrogen (secondary N) is 1. The van der Waals surface area contributed by atoms with Crippen LogP contribution in [0.25, 0.3) is 11.4 Å². The lowest BCUT2D eigenvalue weighted by atomic mass is 10.1. The van der Waals surface area contributed by atoms with Crippen molar-refractivity contribution in [3.8, 4) is 17.1 Å². The van der Waals surface area contributed by atoms with Crippen LogP contribution in [-0.2, 0) is 6.54 Å². The van der Waals surface area contributed by atoms with Crippen LogP contribution in [0.1, 0.15) is 39.1 Å². The highest BCUT2D eigenvalue weighted by Crippen LogP contribution is 2.27. The summed E-state index contributed by atoms with van der Waals surface area (Å²) in [7, 11) is 0. The summed E-state index contributed by atoms with van der Waals surface area (Å²) in [5, 5.41) is 12.3. The molecule has 0 bridgehead atoms. The fourth-order valence-corrected chi connectivity index (χ4v) is 2.76. The Bertz CT molecular complexity index is 620. The van der Waals surface area contributed by atoms with E-state index >= 15 is 0 Å². The van der Waals surface area contributed by atoms with Crippen LogP contribution in [0.3, 0.4) is 0 Å². The van der Waals surface area contributed by atoms with Crippen molar-refractivity contribution in [2.75, 3.05) is 6.54 Å². The second kappa shape index (κ2) is 5.85. The largest absolute Gasteiger partial charge is 0.491 e. The maximum Gasteiger partial charge on any atom is 0.164 e. The summed E-state index contributed by atoms with van der Waals surface area (Å²) in [6.45, 7) is 8.09. The lowest BCUT2D eigenvalue weighted by molar-refractivity contribution is 0.242. The van der Waals surface area contributed by atoms with Gasteiger partial charge in [0.1, 0.15) is 5.75 Å². The van der Waals surface area contributed by atoms with Gasteiger partial charge in [-0.25, -0.2) is 0 Å². The molecule has 1 atom stereocenters. The summed E-state index contributed by atoms with van der Waals surface area (Å²) in [6.07, 6.45) is 1.19. The highest BCUT2D eigenvalue weighted by atomic mass is 16.5. The molecule has 1 aromatic carbocycles. The Morgan fingerprint density at radius 3 is 3.00 bits per heavy atom. The zero-order chi connectivity index (χ0) is 14.8. The molecule has 21 heavy (non-hydrogen) atoms. The first-order valence-electron chi connectivity index (χ1n) is 7.62. The molecule has 5 heteroatoms. The first-order valence-corrected chi connectivity index (χ1v) is 7.62. The number of rotatable bonds is 4. The van der Waals surface area contributed by atoms with E-state index in [0.29, 0.717) is 6.04 Å². The van der Waals surface area contributed by atoms with Crippen molar-refractivity contribution in [3.63, 3.8) is 0 Å². The van der Waals surface area contributed by atoms with Gasteiger partial charge in [0, 0.05) is 18.7 Å². The maximum atomic E-state index is 5.77. The fourth-order valence-electron chi connectivity index (χ4n) is 2.76. The highest BCUT2D eigenvalue weighted by molar-refractivity contribution is 5.58. The molecule has 112 valence electrons. The predicted octanol–water partition coefficient (Wildman–Crippen LogP) is 2.79. The zero-order valence-electron chi connectivity index (χ0n) is 12.8. The Balaban J connectivity index is 1.96. The van der Waals surface area contributed by atoms with Gasteiger partial charge in [0.15, 0.2) is 11.6 Å². The van der Waals surface area contributed by atoms with Crippen molar-refractivity contribution in [2.45, 2.75) is 45.9 Å². The van der Waals surface area contributed by atoms with E-state index in [4.69, 9.17) is 4.74 Å². The molecule has 0 saturated heterocycles. The molecule has 0 spiro atoms. The van der Waals surface area contributed by atoms with Crippen LogP contribution in [0, 0.1) is 0 Å². The van der Waals surface area contributed by atoms with Crippen LogP contribution in [0.4, 0.5) is 0 Å². The molecule has 2 aromatic rings. The number of hydrogen-bond acceptors (Lipinski definition) is 4. The lowest BCUT2D eigenvalue weighted by Gasteiger charge is -2.24. The number of hydrogen-bond donors (Lipinski definition) is 1. The Morgan fingerprint density at radius 1 is 1.38 bits per heavy atom. The molecule has 1 N–H and O–H groups in total. The first-order chi connectivity index (χ1) is 10.2. The van der Waals surface area contributed by atoms with Gasteiger partial charge in [-0.2, -0.15) is 0 Å². The normalized spacial score (nSPS) is 17.8. The van der Waals surface area contributed by atoms with Crippen molar-refractivity contribution >= 4 is 0 Å². The molecular weight excluding hydrogens is 264 g/mol. The number of ether oxygens (including phenoxy) is 1. The van der Waals surface area contributed by atoms with Gasteiger partial charge in [0.2, 0.25) is 0 Å². The third-order valence-electron chi connectivity index (χ3n) is 3.69. The Kier molecular flexibility index (Phi) is 3.92. The van der Waals surface area contributed by atoms with Gasteiger partial charge in [0.05, 0.1) is 12.1 Å². The van der Waals surface area contributed by atoms with Gasteiger partial charge in [0.25, 0.3) is 0 Å². The molecule has 0 radical (unpaired) electrons. The van der Waals surface area contributed by atoms with E-state index < -0.39 is 0 Å². The van der Waals surface area contributed by atoms with Crippen LogP contribution in [0.2, 0.25) is 0 Å². The molecule has 0 fully saturated rings. The lowest BCUT2D eigenvalue weighted by Crippen LogP contribution is -2.33. The quantitative estimate of drug-likeness (QED) is 0.939. The average Bonchev–Trinajstić information content (AvgIpc) is 2.90. The fraction of sp³-hybridized carbons (Fsp3) is 0.500. The summed E-state index contributed by atoms with van der Waals surface area (Å²) in [5.74, 6) is 2.84. The van der Waals surface area contributed by atoms with E-state index in [-0.39, 0.29) is 6.10 Å². The number of aromatic nitrogens is 3. The Hall–Kier alpha value is -1.88. The van der Waals surface area contributed by atoms with Crippen molar-refractivity contribution in [1.29, 1.82) is 0 Å². The molecule has 5 nitrogen and oxygen atoms in total. The maximum absolute atomic E-state index is 5.77. The Morgan fingerprint density at radius 2 is 2.24 bits per heavy atom. The summed E-state index contributed by atoms with van der Waals surface area (Å²) < 4.78 is 7.99. The van der Waals surface area contributed by atoms with E-state index in [2.05, 4.69) is 33.1 Å². The van der Waals surface area contributed by atoms with Gasteiger partial charge < -0.3 is 14.6 Å². The molecular formula is C16H22N4O. The minimum atomic E-state index is 0.168. The smallest absolute Gasteiger partial charge is 0.164 e. The number of nitrogens with zero attached hydrogens (tertiary/aromatic N) is 3. The van der Waals surface area contributed by atoms with Crippen LogP contribution in [-0.4, -0.2) is 27.4 Å². The molecule has 1 unspecified atom stereocenters. The van der Waals surface area contributed by atoms with Crippen LogP contribution in [0.15, 0.2) is 24.3 Å². The standard InChI is InChI=1S/C16H22N4O/c1-4-14-16-19-18-15(20(16)9-8-17-14)12-6-5-7-13(10-12)21-11(2)3/h5-7,10-11,14,17H,4,8-9H2,1-3H3. The van der Waals surface area contributed by atoms with E-state index in [0.717, 1.165) is 42.5 Å². The van der Waals surface area contributed by atoms with Crippen molar-refractivity contribution in [1.82, 2.24) is 20.1 Å². The SMILES string of the molecule is CCC1NCCn2c(-c3cccc(OC(C)C)c3)nnc21. The van der Waals surface area contributed by atoms with Gasteiger partial charge >= 0.3 is 0 Å². The second-order valence-corrected chi connectivity index (χ2v) is 5.64. The minimum absolute atomic E-state index is 0.168. The number of fused-ring (bicyclic) bond motifs is 1. The molecule has 2 heterocycles. The van der Waals surface area contributed by atoms with Crippen LogP contribution < -0.4 is 10.1 Å². The van der Waals surface area contributed by atoms with Gasteiger partial charge in [-0.3, -0.25) is 0 Å². The van der Waals surface area contributed by atoms with Crippen molar-refractivity contribution in [2.24, 2.45) is 0 Å². The molecule has 0 saturated carbocycles. The third-order valence-corrected chi connectivity index (χ3v) is 3.69. The predicted molar refractivity (Wildman–Crippen MR) is 82.3 cm³/mol. The van der Waals surface area contributed by atoms with Gasteiger partial charge in [-0.1, -0.05) is 19.1 Å². The summed E-state index contributed by atoms with van der Waals surface area (Å²) in [6, 6.07) is 8.39. The first kappa shape index (κ1) is 14.1. The van der Waals surface area contributed by atoms with Crippen LogP contribution >= 0.6 is 0 Å². The topological polar surface area (TPSA) is 52.0 Å². The van der Waals surface area contributed by atoms with Crippen LogP contribution in [0.5, 0.6) is 5.75 Å². The van der Waals surface area contributed by atoms with Gasteiger partial charge in [-0.15, -0.1) is 10.2 Å². The molecule has 1 aliphatic rings. The molecule has 0 amide bonds. The molecule has 1 aromatic heterocycles. The summed E-state index contributed by atoms with van der Waals surface area (Å²) in [5.41, 5.74) is 1.06. The minimum Gasteiger partial charge on any atom is -0.491 e. The molecule has 0 aliphatic carbocycles. The third kappa shape index (κ3) is 2.78. The van der Waals surface area contributed by atoms with E-state index in [1.54, 1.807) is 0 Å². The Labute approximate surface area is 125 Å². The average molecular weight is 286 g/mol. The van der Waals surface area contributed by atoms with E-state index in [9.17, 15) is 0 Å². The second-order valence-electron chi connectivity index (χ2n) is 5.64. The van der Waals surface area contributed by atoms with Crippen molar-refractivity contribution < 1.29 is 4.74 Å². The molecule has 3 rings (SSSR count). The van der Waals surface area contributed by atoms with E-state index in [1.807, 2.05) is 32.0 Å².